The van der Waals surface area contributed by atoms with E-state index in [4.69, 9.17) is 16.5 Å². The monoisotopic (exact) mass is 638 g/mol. The Kier molecular flexibility index (Phi) is 9.00. The van der Waals surface area contributed by atoms with Crippen LogP contribution in [0.1, 0.15) is 63.3 Å². The minimum Gasteiger partial charge on any atom is -0.340 e. The zero-order chi connectivity index (χ0) is 32.6. The van der Waals surface area contributed by atoms with E-state index in [-0.39, 0.29) is 23.9 Å². The van der Waals surface area contributed by atoms with Crippen LogP contribution in [0.3, 0.4) is 0 Å². The van der Waals surface area contributed by atoms with Crippen molar-refractivity contribution in [1.82, 2.24) is 29.7 Å². The standard InChI is InChI=1S/C35H46N8O2Si/c1-5-26(36)34(44)42-17-7-8-30(42)32-38-18-28(40-32)24-13-9-22(10-14-24)23-11-15-25(16-12-23)29-19-39-33(41-29)31-20-46(3,4)21-43(31)35(45)27(37)6-2/h9-16,18-19,26-27,30-31H,5-8,17,20-21,36-37H2,1-4H3,(H,38,40)(H,39,41)/t26-,27-,30-,31-/m0/s1. The highest BCUT2D eigenvalue weighted by Crippen LogP contribution is 2.38. The average molecular weight is 639 g/mol. The Hall–Kier alpha value is -4.06. The van der Waals surface area contributed by atoms with E-state index >= 15 is 0 Å². The molecule has 0 spiro atoms. The Labute approximate surface area is 272 Å². The van der Waals surface area contributed by atoms with Crippen molar-refractivity contribution in [1.29, 1.82) is 0 Å². The number of aromatic amines is 2. The number of imidazole rings is 2. The molecule has 2 amide bonds. The number of rotatable bonds is 9. The number of H-pyrrole nitrogens is 2. The summed E-state index contributed by atoms with van der Waals surface area (Å²) in [4.78, 5) is 46.1. The third-order valence-electron chi connectivity index (χ3n) is 9.60. The zero-order valence-electron chi connectivity index (χ0n) is 27.3. The topological polar surface area (TPSA) is 150 Å². The van der Waals surface area contributed by atoms with Gasteiger partial charge in [0.25, 0.3) is 0 Å². The lowest BCUT2D eigenvalue weighted by Crippen LogP contribution is -2.45. The van der Waals surface area contributed by atoms with Gasteiger partial charge in [0.15, 0.2) is 0 Å². The molecule has 46 heavy (non-hydrogen) atoms. The first kappa shape index (κ1) is 31.9. The van der Waals surface area contributed by atoms with Crippen LogP contribution in [0.25, 0.3) is 33.6 Å². The number of benzene rings is 2. The molecule has 2 aliphatic rings. The summed E-state index contributed by atoms with van der Waals surface area (Å²) >= 11 is 0. The summed E-state index contributed by atoms with van der Waals surface area (Å²) in [6.45, 7) is 9.26. The molecule has 0 saturated carbocycles. The molecule has 11 heteroatoms. The molecule has 0 aliphatic carbocycles. The molecule has 0 radical (unpaired) electrons. The summed E-state index contributed by atoms with van der Waals surface area (Å²) in [6.07, 6.45) is 7.62. The van der Waals surface area contributed by atoms with Crippen LogP contribution in [0.5, 0.6) is 0 Å². The molecule has 2 aliphatic heterocycles. The van der Waals surface area contributed by atoms with Crippen LogP contribution in [0.15, 0.2) is 60.9 Å². The van der Waals surface area contributed by atoms with Crippen molar-refractivity contribution in [3.8, 4) is 33.6 Å². The lowest BCUT2D eigenvalue weighted by atomic mass is 10.0. The SMILES string of the molecule is CC[C@H](N)C(=O)N1CCC[C@H]1c1ncc(-c2ccc(-c3ccc(-c4cnc([C@@H]5C[Si](C)(C)CN5C(=O)[C@@H](N)CC)[nH]4)cc3)cc2)[nH]1. The van der Waals surface area contributed by atoms with Crippen molar-refractivity contribution >= 4 is 19.9 Å². The van der Waals surface area contributed by atoms with Crippen molar-refractivity contribution in [2.24, 2.45) is 11.5 Å². The van der Waals surface area contributed by atoms with Gasteiger partial charge in [0.2, 0.25) is 11.8 Å². The Morgan fingerprint density at radius 2 is 1.24 bits per heavy atom. The number of nitrogens with two attached hydrogens (primary N) is 2. The number of hydrogen-bond donors (Lipinski definition) is 4. The largest absolute Gasteiger partial charge is 0.340 e. The van der Waals surface area contributed by atoms with Gasteiger partial charge in [-0.2, -0.15) is 0 Å². The number of nitrogens with zero attached hydrogens (tertiary/aromatic N) is 4. The number of likely N-dealkylation sites (tertiary alicyclic amines) is 1. The Balaban J connectivity index is 1.14. The van der Waals surface area contributed by atoms with Crippen LogP contribution in [0.2, 0.25) is 19.1 Å². The normalized spacial score (nSPS) is 20.7. The summed E-state index contributed by atoms with van der Waals surface area (Å²) in [5.41, 5.74) is 18.4. The Morgan fingerprint density at radius 1 is 0.783 bits per heavy atom. The molecule has 0 unspecified atom stereocenters. The van der Waals surface area contributed by atoms with E-state index in [0.29, 0.717) is 12.8 Å². The van der Waals surface area contributed by atoms with Crippen molar-refractivity contribution < 1.29 is 9.59 Å². The van der Waals surface area contributed by atoms with Crippen molar-refractivity contribution in [2.75, 3.05) is 12.7 Å². The van der Waals surface area contributed by atoms with E-state index < -0.39 is 20.2 Å². The zero-order valence-corrected chi connectivity index (χ0v) is 28.3. The van der Waals surface area contributed by atoms with Gasteiger partial charge in [-0.25, -0.2) is 9.97 Å². The van der Waals surface area contributed by atoms with Crippen molar-refractivity contribution in [3.63, 3.8) is 0 Å². The Morgan fingerprint density at radius 3 is 1.74 bits per heavy atom. The molecule has 10 nitrogen and oxygen atoms in total. The summed E-state index contributed by atoms with van der Waals surface area (Å²) in [6, 6.07) is 16.8. The van der Waals surface area contributed by atoms with Crippen LogP contribution in [-0.2, 0) is 9.59 Å². The summed E-state index contributed by atoms with van der Waals surface area (Å²) in [5.74, 6) is 1.68. The molecule has 2 saturated heterocycles. The maximum absolute atomic E-state index is 13.1. The molecule has 2 fully saturated rings. The minimum absolute atomic E-state index is 0.00129. The van der Waals surface area contributed by atoms with Gasteiger partial charge in [-0.15, -0.1) is 0 Å². The number of amides is 2. The first-order chi connectivity index (χ1) is 22.1. The van der Waals surface area contributed by atoms with Gasteiger partial charge >= 0.3 is 0 Å². The first-order valence-corrected chi connectivity index (χ1v) is 19.9. The third-order valence-corrected chi connectivity index (χ3v) is 12.3. The third kappa shape index (κ3) is 6.31. The molecule has 6 rings (SSSR count). The van der Waals surface area contributed by atoms with E-state index in [9.17, 15) is 9.59 Å². The van der Waals surface area contributed by atoms with Gasteiger partial charge in [-0.05, 0) is 54.0 Å². The lowest BCUT2D eigenvalue weighted by Gasteiger charge is -2.26. The molecular weight excluding hydrogens is 593 g/mol. The number of nitrogens with one attached hydrogen (secondary N) is 2. The van der Waals surface area contributed by atoms with E-state index in [2.05, 4.69) is 76.6 Å². The predicted octanol–water partition coefficient (Wildman–Crippen LogP) is 5.40. The number of aromatic nitrogens is 4. The van der Waals surface area contributed by atoms with Crippen molar-refractivity contribution in [2.45, 2.75) is 82.8 Å². The van der Waals surface area contributed by atoms with Gasteiger partial charge in [-0.1, -0.05) is 75.5 Å². The molecule has 6 N–H and O–H groups in total. The molecule has 242 valence electrons. The van der Waals surface area contributed by atoms with Gasteiger partial charge in [-0.3, -0.25) is 9.59 Å². The van der Waals surface area contributed by atoms with Crippen LogP contribution >= 0.6 is 0 Å². The fourth-order valence-electron chi connectivity index (χ4n) is 6.83. The summed E-state index contributed by atoms with van der Waals surface area (Å²) in [7, 11) is -1.56. The lowest BCUT2D eigenvalue weighted by molar-refractivity contribution is -0.134. The van der Waals surface area contributed by atoms with Gasteiger partial charge < -0.3 is 31.2 Å². The number of carbonyl (C=O) groups is 2. The van der Waals surface area contributed by atoms with E-state index in [1.54, 1.807) is 0 Å². The highest BCUT2D eigenvalue weighted by molar-refractivity contribution is 6.78. The van der Waals surface area contributed by atoms with Crippen LogP contribution in [-0.4, -0.2) is 74.4 Å². The number of carbonyl (C=O) groups excluding carboxylic acids is 2. The van der Waals surface area contributed by atoms with E-state index in [1.165, 1.54) is 0 Å². The van der Waals surface area contributed by atoms with E-state index in [0.717, 1.165) is 76.9 Å². The molecule has 2 aromatic carbocycles. The minimum atomic E-state index is -1.56. The molecule has 4 aromatic rings. The van der Waals surface area contributed by atoms with Gasteiger partial charge in [0, 0.05) is 12.7 Å². The van der Waals surface area contributed by atoms with Gasteiger partial charge in [0.1, 0.15) is 11.6 Å². The van der Waals surface area contributed by atoms with E-state index in [1.807, 2.05) is 36.0 Å². The average Bonchev–Trinajstić information content (AvgIpc) is 3.89. The predicted molar refractivity (Wildman–Crippen MR) is 184 cm³/mol. The number of hydrogen-bond acceptors (Lipinski definition) is 6. The van der Waals surface area contributed by atoms with Crippen LogP contribution in [0, 0.1) is 0 Å². The van der Waals surface area contributed by atoms with Gasteiger partial charge in [0.05, 0.1) is 56.0 Å². The quantitative estimate of drug-likeness (QED) is 0.180. The molecule has 0 bridgehead atoms. The molecule has 4 heterocycles. The van der Waals surface area contributed by atoms with Crippen molar-refractivity contribution in [3.05, 3.63) is 72.6 Å². The fourth-order valence-corrected chi connectivity index (χ4v) is 9.71. The first-order valence-electron chi connectivity index (χ1n) is 16.5. The second kappa shape index (κ2) is 13.0. The smallest absolute Gasteiger partial charge is 0.240 e. The second-order valence-electron chi connectivity index (χ2n) is 13.6. The molecule has 2 aromatic heterocycles. The summed E-state index contributed by atoms with van der Waals surface area (Å²) in [5, 5.41) is 0. The maximum atomic E-state index is 13.1. The highest BCUT2D eigenvalue weighted by atomic mass is 28.3. The van der Waals surface area contributed by atoms with Crippen LogP contribution in [0.4, 0.5) is 0 Å². The highest BCUT2D eigenvalue weighted by Gasteiger charge is 2.44. The summed E-state index contributed by atoms with van der Waals surface area (Å²) < 4.78 is 0. The second-order valence-corrected chi connectivity index (χ2v) is 18.6. The Bertz CT molecular complexity index is 1680. The molecular formula is C35H46N8O2Si. The fraction of sp³-hybridized carbons (Fsp3) is 0.429. The molecule has 4 atom stereocenters. The van der Waals surface area contributed by atoms with Crippen LogP contribution < -0.4 is 11.5 Å². The maximum Gasteiger partial charge on any atom is 0.240 e.